The van der Waals surface area contributed by atoms with Crippen molar-refractivity contribution in [2.45, 2.75) is 38.6 Å². The number of alkyl halides is 3. The number of nitrogens with zero attached hydrogens (tertiary/aromatic N) is 2. The molecule has 0 fully saturated rings. The molecule has 0 aliphatic carbocycles. The van der Waals surface area contributed by atoms with Gasteiger partial charge in [-0.05, 0) is 37.3 Å². The third-order valence-electron chi connectivity index (χ3n) is 6.45. The molecule has 0 radical (unpaired) electrons. The van der Waals surface area contributed by atoms with E-state index in [-0.39, 0.29) is 48.2 Å². The predicted octanol–water partition coefficient (Wildman–Crippen LogP) is 4.36. The fourth-order valence-corrected chi connectivity index (χ4v) is 4.31. The van der Waals surface area contributed by atoms with Gasteiger partial charge in [-0.3, -0.25) is 14.4 Å². The van der Waals surface area contributed by atoms with Crippen LogP contribution in [0.25, 0.3) is 0 Å². The molecule has 1 heterocycles. The van der Waals surface area contributed by atoms with Crippen LogP contribution in [-0.2, 0) is 9.53 Å². The number of likely N-dealkylation sites (N-methyl/N-ethyl adjacent to an activating group) is 1. The van der Waals surface area contributed by atoms with E-state index in [1.165, 1.54) is 60.4 Å². The zero-order valence-electron chi connectivity index (χ0n) is 22.0. The van der Waals surface area contributed by atoms with Gasteiger partial charge in [0.15, 0.2) is 0 Å². The Morgan fingerprint density at radius 1 is 1.13 bits per heavy atom. The lowest BCUT2D eigenvalue weighted by Gasteiger charge is -2.36. The van der Waals surface area contributed by atoms with E-state index < -0.39 is 48.3 Å². The van der Waals surface area contributed by atoms with Gasteiger partial charge < -0.3 is 24.6 Å². The first kappa shape index (κ1) is 29.9. The number of carbonyl (C=O) groups is 3. The topological polar surface area (TPSA) is 88.2 Å². The normalized spacial score (nSPS) is 20.8. The van der Waals surface area contributed by atoms with Crippen LogP contribution in [0.5, 0.6) is 5.75 Å². The summed E-state index contributed by atoms with van der Waals surface area (Å²) in [5, 5.41) is 2.15. The molecule has 3 atom stereocenters. The summed E-state index contributed by atoms with van der Waals surface area (Å²) in [7, 11) is 3.00. The number of carbonyl (C=O) groups excluding carboxylic acids is 3. The first-order chi connectivity index (χ1) is 18.3. The fraction of sp³-hybridized carbons (Fsp3) is 0.444. The van der Waals surface area contributed by atoms with Crippen molar-refractivity contribution in [1.29, 1.82) is 0 Å². The Balaban J connectivity index is 1.97. The van der Waals surface area contributed by atoms with Crippen molar-refractivity contribution >= 4 is 23.4 Å². The number of hydrogen-bond donors (Lipinski definition) is 1. The Bertz CT molecular complexity index is 1210. The van der Waals surface area contributed by atoms with Gasteiger partial charge in [-0.25, -0.2) is 4.39 Å². The molecule has 2 aromatic carbocycles. The summed E-state index contributed by atoms with van der Waals surface area (Å²) in [6.07, 6.45) is -6.88. The molecule has 0 saturated carbocycles. The minimum absolute atomic E-state index is 0.00423. The maximum absolute atomic E-state index is 14.5. The van der Waals surface area contributed by atoms with Gasteiger partial charge in [-0.2, -0.15) is 13.2 Å². The lowest BCUT2D eigenvalue weighted by atomic mass is 10.0. The molecule has 0 spiro atoms. The molecule has 1 aliphatic rings. The molecule has 1 N–H and O–H groups in total. The van der Waals surface area contributed by atoms with Gasteiger partial charge in [-0.1, -0.05) is 19.1 Å². The Morgan fingerprint density at radius 3 is 2.46 bits per heavy atom. The number of hydrogen-bond acceptors (Lipinski definition) is 5. The molecular formula is C27H31F4N3O5. The third-order valence-corrected chi connectivity index (χ3v) is 6.45. The molecule has 212 valence electrons. The maximum atomic E-state index is 14.5. The number of rotatable bonds is 4. The van der Waals surface area contributed by atoms with E-state index in [1.54, 1.807) is 13.0 Å². The van der Waals surface area contributed by atoms with Crippen LogP contribution in [0.3, 0.4) is 0 Å². The quantitative estimate of drug-likeness (QED) is 0.569. The number of fused-ring (bicyclic) bond motifs is 1. The van der Waals surface area contributed by atoms with Crippen LogP contribution in [0, 0.1) is 11.7 Å². The van der Waals surface area contributed by atoms with Gasteiger partial charge in [0.25, 0.3) is 11.8 Å². The van der Waals surface area contributed by atoms with Crippen molar-refractivity contribution in [1.82, 2.24) is 9.80 Å². The summed E-state index contributed by atoms with van der Waals surface area (Å²) in [6, 6.07) is 9.01. The van der Waals surface area contributed by atoms with E-state index in [0.29, 0.717) is 0 Å². The van der Waals surface area contributed by atoms with Crippen LogP contribution >= 0.6 is 0 Å². The maximum Gasteiger partial charge on any atom is 0.397 e. The third kappa shape index (κ3) is 7.69. The lowest BCUT2D eigenvalue weighted by Crippen LogP contribution is -2.48. The van der Waals surface area contributed by atoms with E-state index >= 15 is 0 Å². The Kier molecular flexibility index (Phi) is 9.54. The molecule has 0 aromatic heterocycles. The van der Waals surface area contributed by atoms with Gasteiger partial charge in [0, 0.05) is 38.9 Å². The monoisotopic (exact) mass is 553 g/mol. The number of ether oxygens (including phenoxy) is 2. The van der Waals surface area contributed by atoms with E-state index in [4.69, 9.17) is 9.47 Å². The molecule has 3 amide bonds. The van der Waals surface area contributed by atoms with Crippen LogP contribution in [0.15, 0.2) is 42.5 Å². The predicted molar refractivity (Wildman–Crippen MR) is 135 cm³/mol. The molecule has 0 bridgehead atoms. The Labute approximate surface area is 223 Å². The van der Waals surface area contributed by atoms with Crippen molar-refractivity contribution in [3.8, 4) is 5.75 Å². The number of anilines is 1. The Hall–Kier alpha value is -3.67. The van der Waals surface area contributed by atoms with Crippen molar-refractivity contribution in [2.75, 3.05) is 39.2 Å². The SMILES string of the molecule is CO[C@H]1CN(C)C(=O)c2cc(NC(=O)CC(F)(F)F)ccc2OC[C@@H](C)N(C(=O)c2ccccc2F)C[C@H]1C. The highest BCUT2D eigenvalue weighted by atomic mass is 19.4. The smallest absolute Gasteiger partial charge is 0.397 e. The van der Waals surface area contributed by atoms with Crippen LogP contribution in [0.2, 0.25) is 0 Å². The van der Waals surface area contributed by atoms with E-state index in [1.807, 2.05) is 6.92 Å². The van der Waals surface area contributed by atoms with Crippen molar-refractivity contribution in [3.05, 3.63) is 59.4 Å². The molecule has 0 saturated heterocycles. The van der Waals surface area contributed by atoms with Gasteiger partial charge in [0.1, 0.15) is 24.6 Å². The van der Waals surface area contributed by atoms with Crippen LogP contribution in [0.1, 0.15) is 41.0 Å². The van der Waals surface area contributed by atoms with E-state index in [0.717, 1.165) is 0 Å². The lowest BCUT2D eigenvalue weighted by molar-refractivity contribution is -0.150. The highest BCUT2D eigenvalue weighted by Gasteiger charge is 2.33. The first-order valence-corrected chi connectivity index (χ1v) is 12.3. The van der Waals surface area contributed by atoms with E-state index in [9.17, 15) is 31.9 Å². The minimum atomic E-state index is -4.69. The zero-order valence-corrected chi connectivity index (χ0v) is 22.0. The molecule has 12 heteroatoms. The largest absolute Gasteiger partial charge is 0.491 e. The molecule has 1 aliphatic heterocycles. The number of halogens is 4. The van der Waals surface area contributed by atoms with Crippen molar-refractivity contribution < 1.29 is 41.4 Å². The summed E-state index contributed by atoms with van der Waals surface area (Å²) >= 11 is 0. The van der Waals surface area contributed by atoms with Gasteiger partial charge in [-0.15, -0.1) is 0 Å². The van der Waals surface area contributed by atoms with Gasteiger partial charge in [0.05, 0.1) is 23.3 Å². The summed E-state index contributed by atoms with van der Waals surface area (Å²) < 4.78 is 63.8. The highest BCUT2D eigenvalue weighted by molar-refractivity contribution is 5.99. The summed E-state index contributed by atoms with van der Waals surface area (Å²) in [5.74, 6) is -3.15. The summed E-state index contributed by atoms with van der Waals surface area (Å²) in [4.78, 5) is 41.4. The second-order valence-corrected chi connectivity index (χ2v) is 9.59. The van der Waals surface area contributed by atoms with Gasteiger partial charge in [0.2, 0.25) is 5.91 Å². The molecule has 0 unspecified atom stereocenters. The first-order valence-electron chi connectivity index (χ1n) is 12.3. The number of benzene rings is 2. The molecule has 8 nitrogen and oxygen atoms in total. The number of amides is 3. The fourth-order valence-electron chi connectivity index (χ4n) is 4.31. The summed E-state index contributed by atoms with van der Waals surface area (Å²) in [5.41, 5.74) is -0.101. The van der Waals surface area contributed by atoms with Crippen molar-refractivity contribution in [2.24, 2.45) is 5.92 Å². The number of methoxy groups -OCH3 is 1. The second kappa shape index (κ2) is 12.5. The minimum Gasteiger partial charge on any atom is -0.491 e. The van der Waals surface area contributed by atoms with E-state index in [2.05, 4.69) is 5.32 Å². The zero-order chi connectivity index (χ0) is 28.9. The van der Waals surface area contributed by atoms with Crippen LogP contribution in [0.4, 0.5) is 23.2 Å². The van der Waals surface area contributed by atoms with Crippen LogP contribution in [-0.4, -0.2) is 79.7 Å². The summed E-state index contributed by atoms with van der Waals surface area (Å²) in [6.45, 7) is 3.79. The Morgan fingerprint density at radius 2 is 1.82 bits per heavy atom. The molecule has 3 rings (SSSR count). The average Bonchev–Trinajstić information content (AvgIpc) is 2.86. The molecule has 39 heavy (non-hydrogen) atoms. The molecular weight excluding hydrogens is 522 g/mol. The number of nitrogens with one attached hydrogen (secondary N) is 1. The van der Waals surface area contributed by atoms with Crippen molar-refractivity contribution in [3.63, 3.8) is 0 Å². The van der Waals surface area contributed by atoms with Crippen LogP contribution < -0.4 is 10.1 Å². The molecule has 2 aromatic rings. The van der Waals surface area contributed by atoms with Gasteiger partial charge >= 0.3 is 6.18 Å². The standard InChI is InChI=1S/C27H31F4N3O5/c1-16-13-34(26(37)19-7-5-6-8-21(19)28)17(2)15-39-22-10-9-18(32-24(35)12-27(29,30)31)11-20(22)25(36)33(3)14-23(16)38-4/h5-11,16-17,23H,12-15H2,1-4H3,(H,32,35)/t16-,17-,23+/m1/s1. The highest BCUT2D eigenvalue weighted by Crippen LogP contribution is 2.28. The average molecular weight is 554 g/mol. The second-order valence-electron chi connectivity index (χ2n) is 9.59.